The molecule has 3 heteroatoms. The van der Waals surface area contributed by atoms with E-state index >= 15 is 0 Å². The summed E-state index contributed by atoms with van der Waals surface area (Å²) in [6.07, 6.45) is 0. The second-order valence-corrected chi connectivity index (χ2v) is 14.5. The number of rotatable bonds is 4. The smallest absolute Gasteiger partial charge is 0.164 e. The molecule has 9 rings (SSSR count). The Morgan fingerprint density at radius 1 is 0.380 bits per heavy atom. The third kappa shape index (κ3) is 4.69. The molecule has 1 aromatic heterocycles. The maximum atomic E-state index is 4.93. The summed E-state index contributed by atoms with van der Waals surface area (Å²) in [7, 11) is 0. The average Bonchev–Trinajstić information content (AvgIpc) is 3.17. The molecule has 50 heavy (non-hydrogen) atoms. The topological polar surface area (TPSA) is 38.7 Å². The summed E-state index contributed by atoms with van der Waals surface area (Å²) in [5.41, 5.74) is 10.5. The van der Waals surface area contributed by atoms with Crippen LogP contribution in [0.1, 0.15) is 38.8 Å². The first-order chi connectivity index (χ1) is 24.3. The van der Waals surface area contributed by atoms with Gasteiger partial charge in [-0.3, -0.25) is 0 Å². The SMILES string of the molecule is CC1(C)c2cc(-c3ccc(-c4nc(-c5ccccc5)nc(-c5ccccc5)n4)cc3)ccc2-c2ccc3ccc4ccccc4c3c2C1(C)C. The fourth-order valence-electron chi connectivity index (χ4n) is 7.85. The Balaban J connectivity index is 1.14. The highest BCUT2D eigenvalue weighted by molar-refractivity contribution is 6.12. The summed E-state index contributed by atoms with van der Waals surface area (Å²) in [6, 6.07) is 53.9. The van der Waals surface area contributed by atoms with Crippen LogP contribution in [0, 0.1) is 0 Å². The van der Waals surface area contributed by atoms with Crippen LogP contribution in [0.4, 0.5) is 0 Å². The van der Waals surface area contributed by atoms with Crippen molar-refractivity contribution in [2.75, 3.05) is 0 Å². The predicted molar refractivity (Wildman–Crippen MR) is 208 cm³/mol. The fraction of sp³-hybridized carbons (Fsp3) is 0.128. The van der Waals surface area contributed by atoms with Crippen LogP contribution < -0.4 is 0 Å². The number of hydrogen-bond acceptors (Lipinski definition) is 3. The second kappa shape index (κ2) is 11.3. The molecule has 0 N–H and O–H groups in total. The van der Waals surface area contributed by atoms with Gasteiger partial charge in [0.05, 0.1) is 0 Å². The normalized spacial score (nSPS) is 14.3. The van der Waals surface area contributed by atoms with E-state index in [-0.39, 0.29) is 10.8 Å². The minimum absolute atomic E-state index is 0.118. The van der Waals surface area contributed by atoms with E-state index in [9.17, 15) is 0 Å². The Bertz CT molecular complexity index is 2510. The van der Waals surface area contributed by atoms with Crippen molar-refractivity contribution in [3.8, 4) is 56.4 Å². The average molecular weight is 644 g/mol. The fourth-order valence-corrected chi connectivity index (χ4v) is 7.85. The van der Waals surface area contributed by atoms with Gasteiger partial charge in [0.1, 0.15) is 0 Å². The molecular weight excluding hydrogens is 607 g/mol. The summed E-state index contributed by atoms with van der Waals surface area (Å²) >= 11 is 0. The van der Waals surface area contributed by atoms with E-state index in [1.165, 1.54) is 54.9 Å². The number of fused-ring (bicyclic) bond motifs is 7. The molecule has 0 saturated heterocycles. The van der Waals surface area contributed by atoms with Crippen molar-refractivity contribution in [1.29, 1.82) is 0 Å². The monoisotopic (exact) mass is 643 g/mol. The Morgan fingerprint density at radius 3 is 1.50 bits per heavy atom. The van der Waals surface area contributed by atoms with Crippen molar-refractivity contribution >= 4 is 21.5 Å². The van der Waals surface area contributed by atoms with Crippen LogP contribution in [0.3, 0.4) is 0 Å². The van der Waals surface area contributed by atoms with Crippen molar-refractivity contribution in [2.45, 2.75) is 38.5 Å². The highest BCUT2D eigenvalue weighted by Gasteiger charge is 2.47. The molecule has 1 heterocycles. The van der Waals surface area contributed by atoms with Crippen LogP contribution >= 0.6 is 0 Å². The standard InChI is InChI=1S/C47H37N3/c1-46(2)40-29-36(26-27-38(40)39-28-25-32-22-21-31-13-11-12-18-37(31)41(32)42(39)47(46,3)4)30-19-23-35(24-20-30)45-49-43(33-14-7-5-8-15-33)48-44(50-45)34-16-9-6-10-17-34/h5-29H,1-4H3. The minimum atomic E-state index is -0.122. The first-order valence-electron chi connectivity index (χ1n) is 17.4. The number of benzene rings is 7. The molecule has 1 aliphatic rings. The van der Waals surface area contributed by atoms with E-state index in [0.29, 0.717) is 17.5 Å². The maximum absolute atomic E-state index is 4.93. The lowest BCUT2D eigenvalue weighted by atomic mass is 9.54. The van der Waals surface area contributed by atoms with E-state index in [1.54, 1.807) is 0 Å². The number of nitrogens with zero attached hydrogens (tertiary/aromatic N) is 3. The van der Waals surface area contributed by atoms with Crippen LogP contribution in [0.5, 0.6) is 0 Å². The molecule has 0 amide bonds. The van der Waals surface area contributed by atoms with Gasteiger partial charge in [-0.15, -0.1) is 0 Å². The molecule has 1 aliphatic carbocycles. The van der Waals surface area contributed by atoms with Gasteiger partial charge in [-0.2, -0.15) is 0 Å². The summed E-state index contributed by atoms with van der Waals surface area (Å²) in [6.45, 7) is 9.70. The molecule has 240 valence electrons. The van der Waals surface area contributed by atoms with Crippen molar-refractivity contribution in [2.24, 2.45) is 0 Å². The van der Waals surface area contributed by atoms with Gasteiger partial charge in [0, 0.05) is 22.1 Å². The van der Waals surface area contributed by atoms with E-state index in [0.717, 1.165) is 16.7 Å². The van der Waals surface area contributed by atoms with Crippen molar-refractivity contribution in [1.82, 2.24) is 15.0 Å². The van der Waals surface area contributed by atoms with Crippen LogP contribution in [-0.4, -0.2) is 15.0 Å². The van der Waals surface area contributed by atoms with Crippen molar-refractivity contribution < 1.29 is 0 Å². The minimum Gasteiger partial charge on any atom is -0.208 e. The van der Waals surface area contributed by atoms with Gasteiger partial charge >= 0.3 is 0 Å². The molecule has 0 fully saturated rings. The number of hydrogen-bond donors (Lipinski definition) is 0. The lowest BCUT2D eigenvalue weighted by Gasteiger charge is -2.49. The van der Waals surface area contributed by atoms with Gasteiger partial charge in [0.25, 0.3) is 0 Å². The zero-order chi connectivity index (χ0) is 34.0. The first kappa shape index (κ1) is 30.2. The lowest BCUT2D eigenvalue weighted by Crippen LogP contribution is -2.43. The Labute approximate surface area is 293 Å². The summed E-state index contributed by atoms with van der Waals surface area (Å²) in [4.78, 5) is 14.7. The molecule has 3 nitrogen and oxygen atoms in total. The van der Waals surface area contributed by atoms with Gasteiger partial charge in [-0.05, 0) is 66.4 Å². The van der Waals surface area contributed by atoms with E-state index < -0.39 is 0 Å². The van der Waals surface area contributed by atoms with Crippen LogP contribution in [0.2, 0.25) is 0 Å². The predicted octanol–water partition coefficient (Wildman–Crippen LogP) is 12.1. The van der Waals surface area contributed by atoms with Gasteiger partial charge in [-0.1, -0.05) is 173 Å². The maximum Gasteiger partial charge on any atom is 0.164 e. The molecule has 8 aromatic rings. The molecule has 0 unspecified atom stereocenters. The zero-order valence-corrected chi connectivity index (χ0v) is 28.8. The third-order valence-electron chi connectivity index (χ3n) is 11.3. The van der Waals surface area contributed by atoms with Gasteiger partial charge in [0.2, 0.25) is 0 Å². The largest absolute Gasteiger partial charge is 0.208 e. The number of aromatic nitrogens is 3. The third-order valence-corrected chi connectivity index (χ3v) is 11.3. The summed E-state index contributed by atoms with van der Waals surface area (Å²) in [5.74, 6) is 1.99. The Kier molecular flexibility index (Phi) is 6.82. The van der Waals surface area contributed by atoms with Gasteiger partial charge < -0.3 is 0 Å². The lowest BCUT2D eigenvalue weighted by molar-refractivity contribution is 0.301. The highest BCUT2D eigenvalue weighted by Crippen LogP contribution is 2.56. The highest BCUT2D eigenvalue weighted by atomic mass is 15.0. The molecule has 0 spiro atoms. The van der Waals surface area contributed by atoms with Crippen LogP contribution in [0.25, 0.3) is 78.0 Å². The summed E-state index contributed by atoms with van der Waals surface area (Å²) in [5, 5.41) is 5.30. The molecule has 0 aliphatic heterocycles. The van der Waals surface area contributed by atoms with Gasteiger partial charge in [0.15, 0.2) is 17.5 Å². The molecule has 0 bridgehead atoms. The molecule has 0 atom stereocenters. The van der Waals surface area contributed by atoms with E-state index in [2.05, 4.69) is 119 Å². The van der Waals surface area contributed by atoms with Gasteiger partial charge in [-0.25, -0.2) is 15.0 Å². The van der Waals surface area contributed by atoms with E-state index in [4.69, 9.17) is 15.0 Å². The van der Waals surface area contributed by atoms with E-state index in [1.807, 2.05) is 60.7 Å². The Morgan fingerprint density at radius 2 is 0.860 bits per heavy atom. The second-order valence-electron chi connectivity index (χ2n) is 14.5. The first-order valence-corrected chi connectivity index (χ1v) is 17.4. The quantitative estimate of drug-likeness (QED) is 0.179. The molecule has 7 aromatic carbocycles. The molecule has 0 saturated carbocycles. The van der Waals surface area contributed by atoms with Crippen molar-refractivity contribution in [3.05, 3.63) is 163 Å². The van der Waals surface area contributed by atoms with Crippen LogP contribution in [0.15, 0.2) is 152 Å². The van der Waals surface area contributed by atoms with Crippen molar-refractivity contribution in [3.63, 3.8) is 0 Å². The van der Waals surface area contributed by atoms with Crippen LogP contribution in [-0.2, 0) is 10.8 Å². The Hall–Kier alpha value is -5.93. The summed E-state index contributed by atoms with van der Waals surface area (Å²) < 4.78 is 0. The zero-order valence-electron chi connectivity index (χ0n) is 28.8. The molecular formula is C47H37N3. The molecule has 0 radical (unpaired) electrons.